The number of benzene rings is 1. The highest BCUT2D eigenvalue weighted by Gasteiger charge is 2.24. The smallest absolute Gasteiger partial charge is 0.207 e. The molecule has 1 aliphatic heterocycles. The van der Waals surface area contributed by atoms with Gasteiger partial charge in [-0.3, -0.25) is 0 Å². The third-order valence-electron chi connectivity index (χ3n) is 2.45. The number of halogens is 1. The Kier molecular flexibility index (Phi) is 3.07. The molecule has 0 aromatic heterocycles. The molecule has 1 aliphatic rings. The molecule has 0 bridgehead atoms. The van der Waals surface area contributed by atoms with Crippen molar-refractivity contribution in [2.75, 3.05) is 13.1 Å². The van der Waals surface area contributed by atoms with Gasteiger partial charge in [0.2, 0.25) is 10.0 Å². The molecular weight excluding hydrogens is 229 g/mol. The second-order valence-electron chi connectivity index (χ2n) is 3.58. The topological polar surface area (TPSA) is 37.4 Å². The van der Waals surface area contributed by atoms with E-state index in [1.54, 1.807) is 6.08 Å². The van der Waals surface area contributed by atoms with Crippen molar-refractivity contribution < 1.29 is 12.8 Å². The molecule has 0 fully saturated rings. The lowest BCUT2D eigenvalue weighted by molar-refractivity contribution is 0.437. The molecule has 1 aromatic rings. The van der Waals surface area contributed by atoms with Gasteiger partial charge in [0, 0.05) is 13.1 Å². The van der Waals surface area contributed by atoms with Gasteiger partial charge in [0.05, 0.1) is 4.90 Å². The van der Waals surface area contributed by atoms with Crippen molar-refractivity contribution in [3.63, 3.8) is 0 Å². The van der Waals surface area contributed by atoms with Gasteiger partial charge in [-0.1, -0.05) is 18.2 Å². The van der Waals surface area contributed by atoms with E-state index in [0.717, 1.165) is 6.07 Å². The van der Waals surface area contributed by atoms with Crippen molar-refractivity contribution in [1.29, 1.82) is 0 Å². The molecular formula is C11H12FNO2S. The zero-order valence-corrected chi connectivity index (χ0v) is 9.45. The fraction of sp³-hybridized carbons (Fsp3) is 0.273. The second-order valence-corrected chi connectivity index (χ2v) is 5.52. The van der Waals surface area contributed by atoms with Gasteiger partial charge in [0.15, 0.2) is 0 Å². The molecule has 0 N–H and O–H groups in total. The molecule has 0 aliphatic carbocycles. The summed E-state index contributed by atoms with van der Waals surface area (Å²) in [6.07, 6.45) is 4.45. The van der Waals surface area contributed by atoms with E-state index in [4.69, 9.17) is 0 Å². The van der Waals surface area contributed by atoms with Crippen LogP contribution in [0.25, 0.3) is 0 Å². The third-order valence-corrected chi connectivity index (χ3v) is 4.32. The summed E-state index contributed by atoms with van der Waals surface area (Å²) >= 11 is 0. The molecule has 1 heterocycles. The fourth-order valence-electron chi connectivity index (χ4n) is 1.61. The molecule has 0 saturated heterocycles. The van der Waals surface area contributed by atoms with Crippen LogP contribution in [0.5, 0.6) is 0 Å². The first kappa shape index (κ1) is 11.3. The van der Waals surface area contributed by atoms with Gasteiger partial charge in [0.1, 0.15) is 5.82 Å². The Morgan fingerprint density at radius 3 is 2.69 bits per heavy atom. The van der Waals surface area contributed by atoms with Gasteiger partial charge in [-0.15, -0.1) is 0 Å². The Balaban J connectivity index is 2.35. The Labute approximate surface area is 94.2 Å². The largest absolute Gasteiger partial charge is 0.243 e. The minimum Gasteiger partial charge on any atom is -0.207 e. The molecule has 2 rings (SSSR count). The summed E-state index contributed by atoms with van der Waals surface area (Å²) in [6.45, 7) is 0.814. The monoisotopic (exact) mass is 241 g/mol. The Hall–Kier alpha value is -1.20. The van der Waals surface area contributed by atoms with Gasteiger partial charge in [-0.05, 0) is 24.6 Å². The van der Waals surface area contributed by atoms with Crippen LogP contribution in [0, 0.1) is 5.82 Å². The van der Waals surface area contributed by atoms with Crippen LogP contribution in [0.3, 0.4) is 0 Å². The van der Waals surface area contributed by atoms with Crippen LogP contribution >= 0.6 is 0 Å². The summed E-state index contributed by atoms with van der Waals surface area (Å²) in [4.78, 5) is 0.0165. The predicted octanol–water partition coefficient (Wildman–Crippen LogP) is 1.78. The van der Waals surface area contributed by atoms with Crippen molar-refractivity contribution in [2.24, 2.45) is 0 Å². The minimum absolute atomic E-state index is 0.0165. The molecule has 0 amide bonds. The highest BCUT2D eigenvalue weighted by atomic mass is 32.2. The van der Waals surface area contributed by atoms with Crippen LogP contribution in [-0.2, 0) is 10.0 Å². The van der Waals surface area contributed by atoms with Crippen LogP contribution in [0.1, 0.15) is 6.42 Å². The lowest BCUT2D eigenvalue weighted by atomic mass is 10.3. The Morgan fingerprint density at radius 1 is 1.25 bits per heavy atom. The number of hydrogen-bond donors (Lipinski definition) is 0. The first-order chi connectivity index (χ1) is 7.60. The molecule has 16 heavy (non-hydrogen) atoms. The summed E-state index contributed by atoms with van der Waals surface area (Å²) in [6, 6.07) is 5.10. The molecule has 1 aromatic carbocycles. The first-order valence-electron chi connectivity index (χ1n) is 5.01. The molecule has 0 unspecified atom stereocenters. The summed E-state index contributed by atoms with van der Waals surface area (Å²) in [5.74, 6) is -0.534. The van der Waals surface area contributed by atoms with Crippen molar-refractivity contribution in [1.82, 2.24) is 4.31 Å². The Bertz CT molecular complexity index is 510. The summed E-state index contributed by atoms with van der Waals surface area (Å²) in [7, 11) is -3.54. The molecule has 3 nitrogen and oxygen atoms in total. The van der Waals surface area contributed by atoms with Crippen molar-refractivity contribution in [3.8, 4) is 0 Å². The van der Waals surface area contributed by atoms with Crippen LogP contribution in [-0.4, -0.2) is 25.8 Å². The highest BCUT2D eigenvalue weighted by molar-refractivity contribution is 7.89. The maximum absolute atomic E-state index is 13.0. The van der Waals surface area contributed by atoms with Gasteiger partial charge in [0.25, 0.3) is 0 Å². The van der Waals surface area contributed by atoms with Crippen molar-refractivity contribution >= 4 is 10.0 Å². The zero-order chi connectivity index (χ0) is 11.6. The van der Waals surface area contributed by atoms with E-state index in [2.05, 4.69) is 0 Å². The number of rotatable bonds is 2. The zero-order valence-electron chi connectivity index (χ0n) is 8.64. The van der Waals surface area contributed by atoms with E-state index < -0.39 is 15.8 Å². The van der Waals surface area contributed by atoms with Crippen LogP contribution in [0.15, 0.2) is 41.3 Å². The number of sulfonamides is 1. The maximum atomic E-state index is 13.0. The molecule has 86 valence electrons. The molecule has 0 saturated carbocycles. The van der Waals surface area contributed by atoms with Crippen molar-refractivity contribution in [3.05, 3.63) is 42.2 Å². The molecule has 0 radical (unpaired) electrons. The average molecular weight is 241 g/mol. The van der Waals surface area contributed by atoms with E-state index in [0.29, 0.717) is 19.5 Å². The average Bonchev–Trinajstić information content (AvgIpc) is 2.30. The first-order valence-corrected chi connectivity index (χ1v) is 6.45. The summed E-state index contributed by atoms with van der Waals surface area (Å²) in [5.41, 5.74) is 0. The molecule has 5 heteroatoms. The van der Waals surface area contributed by atoms with E-state index in [9.17, 15) is 12.8 Å². The fourth-order valence-corrected chi connectivity index (χ4v) is 3.05. The number of hydrogen-bond acceptors (Lipinski definition) is 2. The third kappa shape index (κ3) is 2.15. The number of nitrogens with zero attached hydrogens (tertiary/aromatic N) is 1. The predicted molar refractivity (Wildman–Crippen MR) is 58.9 cm³/mol. The van der Waals surface area contributed by atoms with E-state index in [1.165, 1.54) is 22.5 Å². The van der Waals surface area contributed by atoms with Gasteiger partial charge in [-0.2, -0.15) is 4.31 Å². The second kappa shape index (κ2) is 4.35. The van der Waals surface area contributed by atoms with Gasteiger partial charge in [-0.25, -0.2) is 12.8 Å². The maximum Gasteiger partial charge on any atom is 0.243 e. The van der Waals surface area contributed by atoms with Gasteiger partial charge < -0.3 is 0 Å². The van der Waals surface area contributed by atoms with Crippen molar-refractivity contribution in [2.45, 2.75) is 11.3 Å². The van der Waals surface area contributed by atoms with E-state index >= 15 is 0 Å². The lowest BCUT2D eigenvalue weighted by Crippen LogP contribution is -2.33. The van der Waals surface area contributed by atoms with Crippen LogP contribution in [0.4, 0.5) is 4.39 Å². The summed E-state index contributed by atoms with van der Waals surface area (Å²) in [5, 5.41) is 0. The minimum atomic E-state index is -3.54. The van der Waals surface area contributed by atoms with E-state index in [-0.39, 0.29) is 4.90 Å². The molecule has 0 spiro atoms. The SMILES string of the molecule is O=S(=O)(c1cccc(F)c1)N1CC=CCC1. The van der Waals surface area contributed by atoms with Gasteiger partial charge >= 0.3 is 0 Å². The normalized spacial score (nSPS) is 17.6. The quantitative estimate of drug-likeness (QED) is 0.740. The highest BCUT2D eigenvalue weighted by Crippen LogP contribution is 2.18. The lowest BCUT2D eigenvalue weighted by Gasteiger charge is -2.22. The Morgan fingerprint density at radius 2 is 2.06 bits per heavy atom. The van der Waals surface area contributed by atoms with Crippen LogP contribution < -0.4 is 0 Å². The standard InChI is InChI=1S/C11H12FNO2S/c12-10-5-4-6-11(9-10)16(14,15)13-7-2-1-3-8-13/h1-2,4-6,9H,3,7-8H2. The summed E-state index contributed by atoms with van der Waals surface area (Å²) < 4.78 is 38.4. The molecule has 0 atom stereocenters. The van der Waals surface area contributed by atoms with Crippen LogP contribution in [0.2, 0.25) is 0 Å². The van der Waals surface area contributed by atoms with E-state index in [1.807, 2.05) is 6.08 Å².